The molecular weight excluding hydrogens is 318 g/mol. The summed E-state index contributed by atoms with van der Waals surface area (Å²) in [5.74, 6) is 1.28. The van der Waals surface area contributed by atoms with Crippen molar-refractivity contribution in [3.8, 4) is 11.5 Å². The molecule has 9 nitrogen and oxygen atoms in total. The molecule has 2 aromatic carbocycles. The number of nitro benzene ring substituents is 2. The van der Waals surface area contributed by atoms with Crippen molar-refractivity contribution in [2.75, 3.05) is 18.5 Å². The minimum absolute atomic E-state index is 0.209. The molecule has 24 heavy (non-hydrogen) atoms. The van der Waals surface area contributed by atoms with Gasteiger partial charge in [-0.05, 0) is 23.8 Å². The van der Waals surface area contributed by atoms with Crippen LogP contribution < -0.4 is 14.8 Å². The lowest BCUT2D eigenvalue weighted by Crippen LogP contribution is -2.15. The Kier molecular flexibility index (Phi) is 4.15. The SMILES string of the molecule is O=[N+]([O-])c1ccc(NCc2ccc3c(c2)OCCO3)c([N+](=O)[O-])c1. The zero-order valence-corrected chi connectivity index (χ0v) is 12.4. The van der Waals surface area contributed by atoms with E-state index in [4.69, 9.17) is 9.47 Å². The first-order valence-corrected chi connectivity index (χ1v) is 7.10. The molecule has 0 fully saturated rings. The summed E-state index contributed by atoms with van der Waals surface area (Å²) in [5, 5.41) is 24.8. The van der Waals surface area contributed by atoms with Crippen LogP contribution in [0, 0.1) is 20.2 Å². The van der Waals surface area contributed by atoms with Crippen LogP contribution in [0.2, 0.25) is 0 Å². The first-order valence-electron chi connectivity index (χ1n) is 7.10. The van der Waals surface area contributed by atoms with Crippen LogP contribution in [0.1, 0.15) is 5.56 Å². The molecule has 0 unspecified atom stereocenters. The number of nitro groups is 2. The second-order valence-electron chi connectivity index (χ2n) is 5.05. The summed E-state index contributed by atoms with van der Waals surface area (Å²) in [5.41, 5.74) is 0.376. The van der Waals surface area contributed by atoms with Crippen LogP contribution in [0.5, 0.6) is 11.5 Å². The summed E-state index contributed by atoms with van der Waals surface area (Å²) >= 11 is 0. The molecule has 0 bridgehead atoms. The molecule has 1 N–H and O–H groups in total. The van der Waals surface area contributed by atoms with Gasteiger partial charge in [0.15, 0.2) is 11.5 Å². The number of non-ortho nitro benzene ring substituents is 1. The van der Waals surface area contributed by atoms with E-state index in [0.717, 1.165) is 11.6 Å². The number of anilines is 1. The standard InChI is InChI=1S/C15H13N3O6/c19-17(20)11-2-3-12(13(8-11)18(21)22)16-9-10-1-4-14-15(7-10)24-6-5-23-14/h1-4,7-8,16H,5-6,9H2. The van der Waals surface area contributed by atoms with Gasteiger partial charge in [-0.3, -0.25) is 20.2 Å². The third-order valence-corrected chi connectivity index (χ3v) is 3.48. The highest BCUT2D eigenvalue weighted by atomic mass is 16.6. The molecule has 1 aliphatic rings. The van der Waals surface area contributed by atoms with Gasteiger partial charge >= 0.3 is 0 Å². The number of hydrogen-bond donors (Lipinski definition) is 1. The summed E-state index contributed by atoms with van der Waals surface area (Å²) in [7, 11) is 0. The molecule has 0 aliphatic carbocycles. The van der Waals surface area contributed by atoms with Crippen molar-refractivity contribution < 1.29 is 19.3 Å². The summed E-state index contributed by atoms with van der Waals surface area (Å²) in [6.07, 6.45) is 0. The quantitative estimate of drug-likeness (QED) is 0.661. The maximum atomic E-state index is 11.1. The largest absolute Gasteiger partial charge is 0.486 e. The van der Waals surface area contributed by atoms with Crippen LogP contribution in [0.3, 0.4) is 0 Å². The number of fused-ring (bicyclic) bond motifs is 1. The fourth-order valence-corrected chi connectivity index (χ4v) is 2.33. The first kappa shape index (κ1) is 15.5. The molecule has 124 valence electrons. The van der Waals surface area contributed by atoms with Crippen LogP contribution >= 0.6 is 0 Å². The highest BCUT2D eigenvalue weighted by Crippen LogP contribution is 2.32. The van der Waals surface area contributed by atoms with E-state index in [0.29, 0.717) is 31.3 Å². The average molecular weight is 331 g/mol. The number of ether oxygens (including phenoxy) is 2. The molecule has 0 atom stereocenters. The molecule has 0 saturated heterocycles. The lowest BCUT2D eigenvalue weighted by molar-refractivity contribution is -0.393. The minimum atomic E-state index is -0.669. The highest BCUT2D eigenvalue weighted by Gasteiger charge is 2.19. The van der Waals surface area contributed by atoms with Gasteiger partial charge in [0, 0.05) is 12.6 Å². The number of benzene rings is 2. The monoisotopic (exact) mass is 331 g/mol. The van der Waals surface area contributed by atoms with Gasteiger partial charge in [0.05, 0.1) is 15.9 Å². The van der Waals surface area contributed by atoms with Crippen LogP contribution in [-0.4, -0.2) is 23.1 Å². The minimum Gasteiger partial charge on any atom is -0.486 e. The van der Waals surface area contributed by atoms with E-state index in [1.807, 2.05) is 6.07 Å². The zero-order chi connectivity index (χ0) is 17.1. The van der Waals surface area contributed by atoms with Gasteiger partial charge in [0.25, 0.3) is 11.4 Å². The molecule has 0 radical (unpaired) electrons. The van der Waals surface area contributed by atoms with Crippen LogP contribution in [0.4, 0.5) is 17.1 Å². The fourth-order valence-electron chi connectivity index (χ4n) is 2.33. The van der Waals surface area contributed by atoms with Crippen LogP contribution in [0.15, 0.2) is 36.4 Å². The Morgan fingerprint density at radius 1 is 0.958 bits per heavy atom. The van der Waals surface area contributed by atoms with Crippen molar-refractivity contribution >= 4 is 17.1 Å². The molecule has 1 heterocycles. The Morgan fingerprint density at radius 2 is 1.71 bits per heavy atom. The molecule has 0 saturated carbocycles. The summed E-state index contributed by atoms with van der Waals surface area (Å²) < 4.78 is 10.9. The van der Waals surface area contributed by atoms with Crippen LogP contribution in [-0.2, 0) is 6.54 Å². The number of nitrogens with zero attached hydrogens (tertiary/aromatic N) is 2. The Balaban J connectivity index is 1.79. The molecule has 0 spiro atoms. The predicted octanol–water partition coefficient (Wildman–Crippen LogP) is 2.89. The van der Waals surface area contributed by atoms with Gasteiger partial charge in [0.1, 0.15) is 18.9 Å². The van der Waals surface area contributed by atoms with Gasteiger partial charge in [0.2, 0.25) is 0 Å². The highest BCUT2D eigenvalue weighted by molar-refractivity contribution is 5.65. The first-order chi connectivity index (χ1) is 11.5. The third kappa shape index (κ3) is 3.19. The van der Waals surface area contributed by atoms with E-state index in [2.05, 4.69) is 5.32 Å². The van der Waals surface area contributed by atoms with E-state index in [1.165, 1.54) is 12.1 Å². The second kappa shape index (κ2) is 6.41. The van der Waals surface area contributed by atoms with Gasteiger partial charge in [-0.1, -0.05) is 6.07 Å². The maximum absolute atomic E-state index is 11.1. The topological polar surface area (TPSA) is 117 Å². The van der Waals surface area contributed by atoms with Crippen molar-refractivity contribution in [1.29, 1.82) is 0 Å². The number of rotatable bonds is 5. The zero-order valence-electron chi connectivity index (χ0n) is 12.4. The van der Waals surface area contributed by atoms with Crippen molar-refractivity contribution in [3.05, 3.63) is 62.2 Å². The molecular formula is C15H13N3O6. The Bertz CT molecular complexity index is 808. The summed E-state index contributed by atoms with van der Waals surface area (Å²) in [4.78, 5) is 20.5. The van der Waals surface area contributed by atoms with Crippen molar-refractivity contribution in [1.82, 2.24) is 0 Å². The maximum Gasteiger partial charge on any atom is 0.299 e. The lowest BCUT2D eigenvalue weighted by Gasteiger charge is -2.19. The van der Waals surface area contributed by atoms with Crippen LogP contribution in [0.25, 0.3) is 0 Å². The lowest BCUT2D eigenvalue weighted by atomic mass is 10.1. The molecule has 0 aromatic heterocycles. The average Bonchev–Trinajstić information content (AvgIpc) is 2.59. The number of hydrogen-bond acceptors (Lipinski definition) is 7. The van der Waals surface area contributed by atoms with E-state index < -0.39 is 9.85 Å². The Labute approximate surface area is 136 Å². The predicted molar refractivity (Wildman–Crippen MR) is 84.5 cm³/mol. The molecule has 9 heteroatoms. The Hall–Kier alpha value is -3.36. The normalized spacial score (nSPS) is 12.5. The number of nitrogens with one attached hydrogen (secondary N) is 1. The molecule has 3 rings (SSSR count). The van der Waals surface area contributed by atoms with E-state index in [9.17, 15) is 20.2 Å². The summed E-state index contributed by atoms with van der Waals surface area (Å²) in [6, 6.07) is 8.87. The van der Waals surface area contributed by atoms with Gasteiger partial charge in [-0.25, -0.2) is 0 Å². The van der Waals surface area contributed by atoms with E-state index in [-0.39, 0.29) is 17.1 Å². The molecule has 0 amide bonds. The smallest absolute Gasteiger partial charge is 0.299 e. The van der Waals surface area contributed by atoms with Gasteiger partial charge in [-0.15, -0.1) is 0 Å². The van der Waals surface area contributed by atoms with Crippen molar-refractivity contribution in [3.63, 3.8) is 0 Å². The van der Waals surface area contributed by atoms with E-state index >= 15 is 0 Å². The van der Waals surface area contributed by atoms with Crippen molar-refractivity contribution in [2.24, 2.45) is 0 Å². The van der Waals surface area contributed by atoms with E-state index in [1.54, 1.807) is 12.1 Å². The fraction of sp³-hybridized carbons (Fsp3) is 0.200. The van der Waals surface area contributed by atoms with Gasteiger partial charge < -0.3 is 14.8 Å². The van der Waals surface area contributed by atoms with Gasteiger partial charge in [-0.2, -0.15) is 0 Å². The Morgan fingerprint density at radius 3 is 2.42 bits per heavy atom. The molecule has 1 aliphatic heterocycles. The molecule has 2 aromatic rings. The van der Waals surface area contributed by atoms with Crippen molar-refractivity contribution in [2.45, 2.75) is 6.54 Å². The second-order valence-corrected chi connectivity index (χ2v) is 5.05. The third-order valence-electron chi connectivity index (χ3n) is 3.48. The summed E-state index contributed by atoms with van der Waals surface area (Å²) in [6.45, 7) is 1.27.